The van der Waals surface area contributed by atoms with Crippen LogP contribution in [0.5, 0.6) is 0 Å². The number of rotatable bonds is 5. The molecule has 2 saturated heterocycles. The van der Waals surface area contributed by atoms with E-state index >= 15 is 0 Å². The van der Waals surface area contributed by atoms with Crippen molar-refractivity contribution in [3.05, 3.63) is 29.6 Å². The van der Waals surface area contributed by atoms with E-state index < -0.39 is 0 Å². The summed E-state index contributed by atoms with van der Waals surface area (Å²) >= 11 is 0. The van der Waals surface area contributed by atoms with E-state index in [2.05, 4.69) is 10.3 Å². The number of aromatic nitrogens is 1. The molecule has 32 heavy (non-hydrogen) atoms. The van der Waals surface area contributed by atoms with Gasteiger partial charge in [-0.3, -0.25) is 29.1 Å². The van der Waals surface area contributed by atoms with Crippen molar-refractivity contribution >= 4 is 23.6 Å². The molecule has 1 unspecified atom stereocenters. The molecule has 0 bridgehead atoms. The summed E-state index contributed by atoms with van der Waals surface area (Å²) in [4.78, 5) is 56.4. The molecule has 1 saturated carbocycles. The molecule has 8 heteroatoms. The maximum absolute atomic E-state index is 12.9. The fraction of sp³-hybridized carbons (Fsp3) is 0.625. The summed E-state index contributed by atoms with van der Waals surface area (Å²) < 4.78 is 0. The van der Waals surface area contributed by atoms with Crippen molar-refractivity contribution < 1.29 is 19.2 Å². The second kappa shape index (κ2) is 9.38. The van der Waals surface area contributed by atoms with Gasteiger partial charge < -0.3 is 10.2 Å². The minimum absolute atomic E-state index is 0.00876. The number of amides is 4. The van der Waals surface area contributed by atoms with Crippen molar-refractivity contribution in [2.75, 3.05) is 19.6 Å². The molecule has 3 fully saturated rings. The molecule has 4 rings (SSSR count). The Balaban J connectivity index is 1.34. The Morgan fingerprint density at radius 1 is 1.09 bits per heavy atom. The highest BCUT2D eigenvalue weighted by Gasteiger charge is 2.44. The Morgan fingerprint density at radius 2 is 1.81 bits per heavy atom. The molecule has 2 aliphatic heterocycles. The van der Waals surface area contributed by atoms with Crippen LogP contribution >= 0.6 is 0 Å². The van der Waals surface area contributed by atoms with Gasteiger partial charge in [-0.25, -0.2) is 0 Å². The maximum Gasteiger partial charge on any atom is 0.255 e. The summed E-state index contributed by atoms with van der Waals surface area (Å²) in [6, 6.07) is 1.95. The molecule has 4 amide bonds. The van der Waals surface area contributed by atoms with Crippen molar-refractivity contribution in [3.8, 4) is 0 Å². The molecule has 0 radical (unpaired) electrons. The second-order valence-corrected chi connectivity index (χ2v) is 9.46. The smallest absolute Gasteiger partial charge is 0.255 e. The van der Waals surface area contributed by atoms with Crippen molar-refractivity contribution in [2.24, 2.45) is 5.41 Å². The molecular formula is C24H32N4O4. The number of aryl methyl sites for hydroxylation is 1. The zero-order valence-corrected chi connectivity index (χ0v) is 18.8. The molecule has 3 heterocycles. The van der Waals surface area contributed by atoms with E-state index in [0.29, 0.717) is 18.7 Å². The lowest BCUT2D eigenvalue weighted by Crippen LogP contribution is -2.55. The van der Waals surface area contributed by atoms with Gasteiger partial charge in [0.15, 0.2) is 0 Å². The van der Waals surface area contributed by atoms with Gasteiger partial charge in [0.1, 0.15) is 0 Å². The van der Waals surface area contributed by atoms with E-state index in [1.165, 1.54) is 4.90 Å². The average molecular weight is 441 g/mol. The molecule has 1 aromatic heterocycles. The summed E-state index contributed by atoms with van der Waals surface area (Å²) in [6.45, 7) is 3.45. The Kier molecular flexibility index (Phi) is 6.58. The lowest BCUT2D eigenvalue weighted by Gasteiger charge is -2.49. The summed E-state index contributed by atoms with van der Waals surface area (Å²) in [6.07, 6.45) is 9.95. The maximum atomic E-state index is 12.9. The Labute approximate surface area is 188 Å². The normalized spacial score (nSPS) is 23.0. The van der Waals surface area contributed by atoms with Crippen LogP contribution in [0.15, 0.2) is 18.5 Å². The number of hydrogen-bond donors (Lipinski definition) is 1. The van der Waals surface area contributed by atoms with Crippen LogP contribution in [0.25, 0.3) is 0 Å². The molecule has 0 aromatic carbocycles. The van der Waals surface area contributed by atoms with Crippen LogP contribution in [0, 0.1) is 12.3 Å². The van der Waals surface area contributed by atoms with Gasteiger partial charge in [0.05, 0.1) is 5.56 Å². The SMILES string of the molecule is Cc1cncc(C(=O)N2CCC3(CCCCC3NC(=O)CCN3C(=O)CCC3=O)CC2)c1. The zero-order valence-electron chi connectivity index (χ0n) is 18.8. The Bertz CT molecular complexity index is 891. The lowest BCUT2D eigenvalue weighted by molar-refractivity contribution is -0.138. The van der Waals surface area contributed by atoms with Gasteiger partial charge in [0.25, 0.3) is 5.91 Å². The number of imide groups is 1. The van der Waals surface area contributed by atoms with E-state index in [1.807, 2.05) is 17.9 Å². The number of hydrogen-bond acceptors (Lipinski definition) is 5. The molecule has 1 aliphatic carbocycles. The number of nitrogens with one attached hydrogen (secondary N) is 1. The minimum Gasteiger partial charge on any atom is -0.353 e. The van der Waals surface area contributed by atoms with Gasteiger partial charge >= 0.3 is 0 Å². The summed E-state index contributed by atoms with van der Waals surface area (Å²) in [5.41, 5.74) is 1.60. The molecule has 172 valence electrons. The Morgan fingerprint density at radius 3 is 2.50 bits per heavy atom. The fourth-order valence-corrected chi connectivity index (χ4v) is 5.49. The van der Waals surface area contributed by atoms with Crippen molar-refractivity contribution in [1.82, 2.24) is 20.1 Å². The molecule has 1 atom stereocenters. The van der Waals surface area contributed by atoms with Crippen LogP contribution in [-0.4, -0.2) is 64.1 Å². The summed E-state index contributed by atoms with van der Waals surface area (Å²) in [5, 5.41) is 3.21. The first kappa shape index (κ1) is 22.4. The minimum atomic E-state index is -0.183. The predicted octanol–water partition coefficient (Wildman–Crippen LogP) is 2.21. The van der Waals surface area contributed by atoms with Crippen LogP contribution in [0.2, 0.25) is 0 Å². The van der Waals surface area contributed by atoms with Gasteiger partial charge in [0, 0.05) is 57.3 Å². The average Bonchev–Trinajstić information content (AvgIpc) is 3.11. The largest absolute Gasteiger partial charge is 0.353 e. The van der Waals surface area contributed by atoms with E-state index in [0.717, 1.165) is 44.1 Å². The van der Waals surface area contributed by atoms with Crippen LogP contribution < -0.4 is 5.32 Å². The van der Waals surface area contributed by atoms with Crippen molar-refractivity contribution in [3.63, 3.8) is 0 Å². The monoisotopic (exact) mass is 440 g/mol. The highest BCUT2D eigenvalue weighted by atomic mass is 16.2. The van der Waals surface area contributed by atoms with Crippen molar-refractivity contribution in [2.45, 2.75) is 70.8 Å². The summed E-state index contributed by atoms with van der Waals surface area (Å²) in [5.74, 6) is -0.448. The lowest BCUT2D eigenvalue weighted by atomic mass is 9.64. The first-order chi connectivity index (χ1) is 15.4. The Hall–Kier alpha value is -2.77. The van der Waals surface area contributed by atoms with Crippen LogP contribution in [-0.2, 0) is 14.4 Å². The molecule has 1 aromatic rings. The number of piperidine rings is 1. The molecule has 8 nitrogen and oxygen atoms in total. The van der Waals surface area contributed by atoms with E-state index in [9.17, 15) is 19.2 Å². The van der Waals surface area contributed by atoms with Crippen LogP contribution in [0.4, 0.5) is 0 Å². The van der Waals surface area contributed by atoms with Crippen LogP contribution in [0.1, 0.15) is 73.7 Å². The number of nitrogens with zero attached hydrogens (tertiary/aromatic N) is 3. The highest BCUT2D eigenvalue weighted by molar-refractivity contribution is 6.02. The third-order valence-corrected chi connectivity index (χ3v) is 7.38. The number of likely N-dealkylation sites (tertiary alicyclic amines) is 2. The fourth-order valence-electron chi connectivity index (χ4n) is 5.49. The number of carbonyl (C=O) groups excluding carboxylic acids is 4. The molecule has 1 N–H and O–H groups in total. The van der Waals surface area contributed by atoms with Gasteiger partial charge in [-0.2, -0.15) is 0 Å². The van der Waals surface area contributed by atoms with Crippen LogP contribution in [0.3, 0.4) is 0 Å². The first-order valence-electron chi connectivity index (χ1n) is 11.7. The zero-order chi connectivity index (χ0) is 22.7. The molecule has 1 spiro atoms. The van der Waals surface area contributed by atoms with E-state index in [-0.39, 0.29) is 60.9 Å². The number of carbonyl (C=O) groups is 4. The standard InChI is InChI=1S/C24H32N4O4/c1-17-14-18(16-25-15-17)23(32)27-12-9-24(10-13-27)8-3-2-4-19(24)26-20(29)7-11-28-21(30)5-6-22(28)31/h14-16,19H,2-13H2,1H3,(H,26,29). The topological polar surface area (TPSA) is 99.7 Å². The van der Waals surface area contributed by atoms with E-state index in [4.69, 9.17) is 0 Å². The molecule has 3 aliphatic rings. The predicted molar refractivity (Wildman–Crippen MR) is 118 cm³/mol. The van der Waals surface area contributed by atoms with E-state index in [1.54, 1.807) is 12.4 Å². The van der Waals surface area contributed by atoms with Gasteiger partial charge in [-0.05, 0) is 49.7 Å². The van der Waals surface area contributed by atoms with Gasteiger partial charge in [-0.1, -0.05) is 12.8 Å². The summed E-state index contributed by atoms with van der Waals surface area (Å²) in [7, 11) is 0. The highest BCUT2D eigenvalue weighted by Crippen LogP contribution is 2.45. The second-order valence-electron chi connectivity index (χ2n) is 9.46. The number of pyridine rings is 1. The van der Waals surface area contributed by atoms with Gasteiger partial charge in [0.2, 0.25) is 17.7 Å². The van der Waals surface area contributed by atoms with Crippen molar-refractivity contribution in [1.29, 1.82) is 0 Å². The quantitative estimate of drug-likeness (QED) is 0.708. The third kappa shape index (κ3) is 4.69. The third-order valence-electron chi connectivity index (χ3n) is 7.38. The van der Waals surface area contributed by atoms with Gasteiger partial charge in [-0.15, -0.1) is 0 Å². The molecular weight excluding hydrogens is 408 g/mol. The first-order valence-corrected chi connectivity index (χ1v) is 11.7.